The molecule has 4 aliphatic heterocycles. The van der Waals surface area contributed by atoms with Crippen LogP contribution in [0.15, 0.2) is 60.9 Å². The van der Waals surface area contributed by atoms with Crippen LogP contribution in [0, 0.1) is 23.2 Å². The van der Waals surface area contributed by atoms with E-state index in [1.807, 2.05) is 51.4 Å². The number of urea groups is 1. The maximum atomic E-state index is 14.3. The SMILES string of the molecule is C#Cc1ccc([C@H](C)NC(=O)[C@@H]2C[C@@H](O)CN2C(=O)[C@@H](NC(=O)N2CC3(CC(N4CCC(c5cnc(N6CCc7[nH]c8nnc(-c9ccccc9O)cc8c7[C@H]6C)nc5)CC4)C3)C2)C(C)(C)C)c(O)c1. The fraction of sp³-hybridized carbons (Fsp3) is 0.491. The number of aromatic amines is 1. The van der Waals surface area contributed by atoms with Gasteiger partial charge in [0.05, 0.1) is 23.9 Å². The number of benzene rings is 2. The Morgan fingerprint density at radius 2 is 1.69 bits per heavy atom. The number of para-hydroxylation sites is 1. The first-order chi connectivity index (χ1) is 33.5. The summed E-state index contributed by atoms with van der Waals surface area (Å²) in [6.45, 7) is 13.5. The van der Waals surface area contributed by atoms with Crippen molar-refractivity contribution in [3.8, 4) is 35.1 Å². The molecule has 5 aliphatic rings. The monoisotopic (exact) mass is 949 g/mol. The van der Waals surface area contributed by atoms with Gasteiger partial charge in [0.1, 0.15) is 23.6 Å². The smallest absolute Gasteiger partial charge is 0.318 e. The number of hydrogen-bond acceptors (Lipinski definition) is 12. The number of terminal acetylenes is 1. The number of phenols is 2. The molecule has 5 atom stereocenters. The van der Waals surface area contributed by atoms with Gasteiger partial charge in [0.15, 0.2) is 5.65 Å². The molecule has 17 heteroatoms. The molecule has 17 nitrogen and oxygen atoms in total. The standard InChI is InChI=1S/C53H63N11O6/c1-7-32-12-13-37(44(67)20-32)30(2)56-48(68)42-21-36(65)27-64(42)49(69)46(52(4,5)6)58-51(70)62-28-53(29-62)23-35(24-53)61-17-14-33(15-18-61)34-25-54-50(55-26-34)63-19-16-40-45(31(63)3)39-22-41(59-60-47(39)57-40)38-10-8-9-11-43(38)66/h1,8-13,20,22,25-26,30-31,33,35-36,42,46,65-67H,14-19,21,23-24,27-29H2,2-6H3,(H,56,68)(H,57,60)(H,58,70)/t30-,31+,36+,42-,46+/m0/s1. The van der Waals surface area contributed by atoms with Crippen LogP contribution < -0.4 is 15.5 Å². The van der Waals surface area contributed by atoms with Crippen LogP contribution in [-0.4, -0.2) is 137 Å². The van der Waals surface area contributed by atoms with Crippen LogP contribution in [0.3, 0.4) is 0 Å². The van der Waals surface area contributed by atoms with Crippen LogP contribution in [0.2, 0.25) is 0 Å². The number of phenolic OH excluding ortho intramolecular Hbond substituents is 2. The number of aromatic hydroxyl groups is 2. The second-order valence-electron chi connectivity index (χ2n) is 21.5. The van der Waals surface area contributed by atoms with Crippen molar-refractivity contribution in [1.82, 2.24) is 50.5 Å². The molecular weight excluding hydrogens is 887 g/mol. The number of hydrogen-bond donors (Lipinski definition) is 6. The zero-order chi connectivity index (χ0) is 49.2. The molecule has 7 heterocycles. The first-order valence-electron chi connectivity index (χ1n) is 24.6. The van der Waals surface area contributed by atoms with Crippen LogP contribution in [0.1, 0.15) is 113 Å². The van der Waals surface area contributed by atoms with Gasteiger partial charge in [-0.15, -0.1) is 16.6 Å². The molecule has 5 aromatic rings. The van der Waals surface area contributed by atoms with Crippen molar-refractivity contribution in [2.75, 3.05) is 44.2 Å². The van der Waals surface area contributed by atoms with Crippen molar-refractivity contribution in [1.29, 1.82) is 0 Å². The van der Waals surface area contributed by atoms with E-state index in [4.69, 9.17) is 16.4 Å². The normalized spacial score (nSPS) is 22.5. The number of rotatable bonds is 9. The molecule has 366 valence electrons. The molecule has 70 heavy (non-hydrogen) atoms. The van der Waals surface area contributed by atoms with E-state index in [2.05, 4.69) is 48.5 Å². The molecule has 3 saturated heterocycles. The number of aliphatic hydroxyl groups excluding tert-OH is 1. The Balaban J connectivity index is 0.698. The number of nitrogens with zero attached hydrogens (tertiary/aromatic N) is 8. The molecule has 6 N–H and O–H groups in total. The number of nitrogens with one attached hydrogen (secondary N) is 3. The Kier molecular flexibility index (Phi) is 12.2. The number of carbonyl (C=O) groups is 3. The van der Waals surface area contributed by atoms with Gasteiger partial charge in [-0.05, 0) is 99.8 Å². The Labute approximate surface area is 408 Å². The maximum absolute atomic E-state index is 14.3. The molecule has 0 unspecified atom stereocenters. The van der Waals surface area contributed by atoms with Crippen molar-refractivity contribution < 1.29 is 29.7 Å². The van der Waals surface area contributed by atoms with Gasteiger partial charge >= 0.3 is 6.03 Å². The van der Waals surface area contributed by atoms with Gasteiger partial charge in [-0.2, -0.15) is 0 Å². The molecule has 1 saturated carbocycles. The average molecular weight is 950 g/mol. The number of anilines is 1. The minimum Gasteiger partial charge on any atom is -0.508 e. The minimum absolute atomic E-state index is 0.00415. The van der Waals surface area contributed by atoms with E-state index in [0.717, 1.165) is 74.0 Å². The highest BCUT2D eigenvalue weighted by molar-refractivity contribution is 5.93. The van der Waals surface area contributed by atoms with E-state index >= 15 is 0 Å². The molecule has 0 bridgehead atoms. The summed E-state index contributed by atoms with van der Waals surface area (Å²) in [5.74, 6) is 2.81. The molecule has 2 aromatic carbocycles. The minimum atomic E-state index is -0.951. The third-order valence-electron chi connectivity index (χ3n) is 15.7. The second-order valence-corrected chi connectivity index (χ2v) is 21.5. The van der Waals surface area contributed by atoms with Crippen LogP contribution in [0.4, 0.5) is 10.7 Å². The number of piperidine rings is 1. The van der Waals surface area contributed by atoms with Crippen LogP contribution in [0.5, 0.6) is 11.5 Å². The lowest BCUT2D eigenvalue weighted by molar-refractivity contribution is -0.142. The number of aliphatic hydroxyl groups is 1. The third-order valence-corrected chi connectivity index (χ3v) is 15.7. The van der Waals surface area contributed by atoms with E-state index in [9.17, 15) is 29.7 Å². The van der Waals surface area contributed by atoms with Gasteiger partial charge in [-0.1, -0.05) is 44.9 Å². The predicted molar refractivity (Wildman–Crippen MR) is 264 cm³/mol. The lowest BCUT2D eigenvalue weighted by Crippen LogP contribution is -2.70. The van der Waals surface area contributed by atoms with Crippen molar-refractivity contribution in [2.24, 2.45) is 10.8 Å². The molecule has 10 rings (SSSR count). The molecule has 1 aliphatic carbocycles. The zero-order valence-electron chi connectivity index (χ0n) is 40.5. The molecule has 4 fully saturated rings. The fourth-order valence-corrected chi connectivity index (χ4v) is 11.8. The number of β-amino-alcohol motifs (C(OH)–C–C–N with tert-alkyl or cyclic N) is 1. The lowest BCUT2D eigenvalue weighted by Gasteiger charge is -2.61. The van der Waals surface area contributed by atoms with E-state index in [-0.39, 0.29) is 42.0 Å². The first-order valence-corrected chi connectivity index (χ1v) is 24.6. The summed E-state index contributed by atoms with van der Waals surface area (Å²) in [6, 6.07) is 11.7. The number of fused-ring (bicyclic) bond motifs is 3. The molecule has 1 spiro atoms. The van der Waals surface area contributed by atoms with Crippen LogP contribution in [0.25, 0.3) is 22.3 Å². The Bertz CT molecular complexity index is 2850. The molecule has 3 aromatic heterocycles. The molecular formula is C53H63N11O6. The maximum Gasteiger partial charge on any atom is 0.318 e. The summed E-state index contributed by atoms with van der Waals surface area (Å²) in [6.07, 6.45) is 13.5. The second kappa shape index (κ2) is 18.2. The van der Waals surface area contributed by atoms with E-state index in [1.165, 1.54) is 16.5 Å². The molecule has 0 radical (unpaired) electrons. The highest BCUT2D eigenvalue weighted by Gasteiger charge is 2.56. The summed E-state index contributed by atoms with van der Waals surface area (Å²) < 4.78 is 0. The number of H-pyrrole nitrogens is 1. The summed E-state index contributed by atoms with van der Waals surface area (Å²) in [5, 5.41) is 47.5. The van der Waals surface area contributed by atoms with Crippen molar-refractivity contribution in [2.45, 2.75) is 115 Å². The Hall–Kier alpha value is -6.77. The quantitative estimate of drug-likeness (QED) is 0.101. The van der Waals surface area contributed by atoms with Crippen LogP contribution in [-0.2, 0) is 16.0 Å². The number of amides is 4. The van der Waals surface area contributed by atoms with E-state index in [1.54, 1.807) is 36.1 Å². The summed E-state index contributed by atoms with van der Waals surface area (Å²) >= 11 is 0. The highest BCUT2D eigenvalue weighted by atomic mass is 16.3. The topological polar surface area (TPSA) is 216 Å². The Morgan fingerprint density at radius 3 is 2.37 bits per heavy atom. The van der Waals surface area contributed by atoms with Crippen molar-refractivity contribution >= 4 is 34.8 Å². The average Bonchev–Trinajstić information content (AvgIpc) is 3.90. The number of aromatic nitrogens is 5. The van der Waals surface area contributed by atoms with Crippen LogP contribution >= 0.6 is 0 Å². The van der Waals surface area contributed by atoms with Gasteiger partial charge in [0, 0.05) is 96.2 Å². The van der Waals surface area contributed by atoms with Crippen molar-refractivity contribution in [3.05, 3.63) is 88.9 Å². The zero-order valence-corrected chi connectivity index (χ0v) is 40.5. The fourth-order valence-electron chi connectivity index (χ4n) is 11.8. The van der Waals surface area contributed by atoms with E-state index in [0.29, 0.717) is 53.4 Å². The predicted octanol–water partition coefficient (Wildman–Crippen LogP) is 5.54. The summed E-state index contributed by atoms with van der Waals surface area (Å²) in [4.78, 5) is 63.0. The summed E-state index contributed by atoms with van der Waals surface area (Å²) in [5.41, 5.74) is 5.84. The summed E-state index contributed by atoms with van der Waals surface area (Å²) in [7, 11) is 0. The van der Waals surface area contributed by atoms with Gasteiger partial charge in [-0.3, -0.25) is 9.59 Å². The number of carbonyl (C=O) groups excluding carboxylic acids is 3. The van der Waals surface area contributed by atoms with Gasteiger partial charge in [0.2, 0.25) is 17.8 Å². The lowest BCUT2D eigenvalue weighted by atomic mass is 9.60. The highest BCUT2D eigenvalue weighted by Crippen LogP contribution is 2.51. The largest absolute Gasteiger partial charge is 0.508 e. The van der Waals surface area contributed by atoms with Gasteiger partial charge in [-0.25, -0.2) is 14.8 Å². The van der Waals surface area contributed by atoms with Crippen molar-refractivity contribution in [3.63, 3.8) is 0 Å². The van der Waals surface area contributed by atoms with Gasteiger partial charge in [0.25, 0.3) is 0 Å². The number of likely N-dealkylation sites (tertiary alicyclic amines) is 3. The molecule has 4 amide bonds. The third kappa shape index (κ3) is 8.76. The first kappa shape index (κ1) is 46.9. The Morgan fingerprint density at radius 1 is 0.957 bits per heavy atom. The van der Waals surface area contributed by atoms with E-state index < -0.39 is 41.5 Å². The van der Waals surface area contributed by atoms with Gasteiger partial charge < -0.3 is 50.5 Å².